The highest BCUT2D eigenvalue weighted by molar-refractivity contribution is 6.11. The van der Waals surface area contributed by atoms with Gasteiger partial charge in [-0.2, -0.15) is 10.2 Å². The molecule has 2 aliphatic rings. The number of nitrogens with one attached hydrogen (secondary N) is 3. The van der Waals surface area contributed by atoms with E-state index in [9.17, 15) is 4.79 Å². The number of aromatic amines is 1. The van der Waals surface area contributed by atoms with E-state index < -0.39 is 0 Å². The highest BCUT2D eigenvalue weighted by Gasteiger charge is 2.19. The maximum absolute atomic E-state index is 13.0. The minimum absolute atomic E-state index is 0.260. The summed E-state index contributed by atoms with van der Waals surface area (Å²) < 4.78 is 2.07. The molecule has 2 aliphatic heterocycles. The molecule has 4 aromatic rings. The fourth-order valence-corrected chi connectivity index (χ4v) is 4.91. The summed E-state index contributed by atoms with van der Waals surface area (Å²) in [4.78, 5) is 19.8. The summed E-state index contributed by atoms with van der Waals surface area (Å²) in [5, 5.41) is 19.0. The van der Waals surface area contributed by atoms with E-state index in [2.05, 4.69) is 46.7 Å². The fraction of sp³-hybridized carbons (Fsp3) is 0.360. The van der Waals surface area contributed by atoms with Gasteiger partial charge in [0, 0.05) is 30.2 Å². The van der Waals surface area contributed by atoms with Crippen molar-refractivity contribution in [3.8, 4) is 11.1 Å². The molecule has 34 heavy (non-hydrogen) atoms. The van der Waals surface area contributed by atoms with Crippen LogP contribution in [-0.2, 0) is 0 Å². The first-order valence-electron chi connectivity index (χ1n) is 12.0. The van der Waals surface area contributed by atoms with Crippen molar-refractivity contribution >= 4 is 28.3 Å². The van der Waals surface area contributed by atoms with Gasteiger partial charge in [-0.25, -0.2) is 4.98 Å². The van der Waals surface area contributed by atoms with Crippen LogP contribution in [0.2, 0.25) is 0 Å². The van der Waals surface area contributed by atoms with Gasteiger partial charge in [-0.15, -0.1) is 0 Å². The molecule has 0 aliphatic carbocycles. The van der Waals surface area contributed by atoms with Crippen molar-refractivity contribution in [2.45, 2.75) is 31.7 Å². The van der Waals surface area contributed by atoms with E-state index in [1.807, 2.05) is 36.5 Å². The van der Waals surface area contributed by atoms with Crippen LogP contribution in [0.1, 0.15) is 42.2 Å². The summed E-state index contributed by atoms with van der Waals surface area (Å²) in [5.74, 6) is 0.694. The first kappa shape index (κ1) is 20.9. The minimum atomic E-state index is -0.260. The molecule has 0 bridgehead atoms. The topological polar surface area (TPSA) is 104 Å². The van der Waals surface area contributed by atoms with E-state index in [1.54, 1.807) is 6.20 Å². The van der Waals surface area contributed by atoms with Crippen LogP contribution in [0.15, 0.2) is 48.9 Å². The van der Waals surface area contributed by atoms with Crippen LogP contribution < -0.4 is 15.5 Å². The zero-order chi connectivity index (χ0) is 22.9. The van der Waals surface area contributed by atoms with Crippen molar-refractivity contribution in [2.75, 3.05) is 36.4 Å². The Balaban J connectivity index is 1.21. The monoisotopic (exact) mass is 456 g/mol. The lowest BCUT2D eigenvalue weighted by Gasteiger charge is -2.22. The number of benzene rings is 1. The van der Waals surface area contributed by atoms with Crippen molar-refractivity contribution in [1.29, 1.82) is 0 Å². The Bertz CT molecular complexity index is 1300. The van der Waals surface area contributed by atoms with Crippen LogP contribution in [0.3, 0.4) is 0 Å². The quantitative estimate of drug-likeness (QED) is 0.424. The largest absolute Gasteiger partial charge is 0.357 e. The van der Waals surface area contributed by atoms with Gasteiger partial charge >= 0.3 is 0 Å². The standard InChI is InChI=1S/C25H28N8O/c34-25(29-19-4-6-23(27-15-19)32-11-1-2-12-32)24-21-13-17(3-5-22(21)30-31-24)18-14-28-33(16-18)20-7-9-26-10-8-20/h3-6,13-16,20,26H,1-2,7-12H2,(H,29,34)(H,30,31). The molecule has 3 aromatic heterocycles. The number of hydrogen-bond acceptors (Lipinski definition) is 6. The second kappa shape index (κ2) is 8.90. The van der Waals surface area contributed by atoms with Gasteiger partial charge in [0.25, 0.3) is 5.91 Å². The van der Waals surface area contributed by atoms with Gasteiger partial charge in [-0.05, 0) is 68.6 Å². The maximum atomic E-state index is 13.0. The van der Waals surface area contributed by atoms with E-state index in [0.29, 0.717) is 17.4 Å². The third kappa shape index (κ3) is 4.03. The molecule has 0 saturated carbocycles. The predicted molar refractivity (Wildman–Crippen MR) is 132 cm³/mol. The number of piperidine rings is 1. The van der Waals surface area contributed by atoms with Crippen molar-refractivity contribution < 1.29 is 4.79 Å². The van der Waals surface area contributed by atoms with E-state index in [0.717, 1.165) is 66.9 Å². The molecule has 3 N–H and O–H groups in total. The zero-order valence-corrected chi connectivity index (χ0v) is 19.0. The second-order valence-corrected chi connectivity index (χ2v) is 9.08. The number of rotatable bonds is 5. The van der Waals surface area contributed by atoms with Gasteiger partial charge < -0.3 is 15.5 Å². The van der Waals surface area contributed by atoms with Gasteiger partial charge in [0.2, 0.25) is 0 Å². The van der Waals surface area contributed by atoms with Crippen molar-refractivity contribution in [1.82, 2.24) is 30.3 Å². The summed E-state index contributed by atoms with van der Waals surface area (Å²) in [5.41, 5.74) is 3.89. The summed E-state index contributed by atoms with van der Waals surface area (Å²) >= 11 is 0. The zero-order valence-electron chi connectivity index (χ0n) is 19.0. The molecule has 2 fully saturated rings. The number of carbonyl (C=O) groups excluding carboxylic acids is 1. The number of pyridine rings is 1. The summed E-state index contributed by atoms with van der Waals surface area (Å²) in [6.45, 7) is 4.12. The Morgan fingerprint density at radius 3 is 2.68 bits per heavy atom. The van der Waals surface area contributed by atoms with E-state index >= 15 is 0 Å². The molecule has 9 nitrogen and oxygen atoms in total. The molecule has 1 amide bonds. The Kier molecular flexibility index (Phi) is 5.46. The first-order valence-corrected chi connectivity index (χ1v) is 12.0. The summed E-state index contributed by atoms with van der Waals surface area (Å²) in [6, 6.07) is 10.3. The van der Waals surface area contributed by atoms with Crippen LogP contribution in [0, 0.1) is 0 Å². The van der Waals surface area contributed by atoms with Gasteiger partial charge in [0.15, 0.2) is 5.69 Å². The number of amides is 1. The molecule has 1 aromatic carbocycles. The lowest BCUT2D eigenvalue weighted by Crippen LogP contribution is -2.29. The van der Waals surface area contributed by atoms with Gasteiger partial charge in [-0.3, -0.25) is 14.6 Å². The van der Waals surface area contributed by atoms with E-state index in [4.69, 9.17) is 0 Å². The van der Waals surface area contributed by atoms with Crippen LogP contribution in [0.4, 0.5) is 11.5 Å². The molecule has 0 atom stereocenters. The second-order valence-electron chi connectivity index (χ2n) is 9.08. The predicted octanol–water partition coefficient (Wildman–Crippen LogP) is 3.60. The third-order valence-corrected chi connectivity index (χ3v) is 6.83. The van der Waals surface area contributed by atoms with Crippen LogP contribution in [-0.4, -0.2) is 57.0 Å². The maximum Gasteiger partial charge on any atom is 0.276 e. The number of hydrogen-bond donors (Lipinski definition) is 3. The van der Waals surface area contributed by atoms with Gasteiger partial charge in [0.1, 0.15) is 5.82 Å². The molecule has 9 heteroatoms. The number of nitrogens with zero attached hydrogens (tertiary/aromatic N) is 5. The Labute approximate surface area is 197 Å². The highest BCUT2D eigenvalue weighted by Crippen LogP contribution is 2.28. The number of anilines is 2. The Morgan fingerprint density at radius 1 is 1.03 bits per heavy atom. The molecule has 2 saturated heterocycles. The molecule has 0 unspecified atom stereocenters. The molecule has 0 spiro atoms. The number of carbonyl (C=O) groups is 1. The summed E-state index contributed by atoms with van der Waals surface area (Å²) in [6.07, 6.45) is 10.3. The smallest absolute Gasteiger partial charge is 0.276 e. The Morgan fingerprint density at radius 2 is 1.88 bits per heavy atom. The van der Waals surface area contributed by atoms with Gasteiger partial charge in [0.05, 0.1) is 29.6 Å². The number of aromatic nitrogens is 5. The van der Waals surface area contributed by atoms with Crippen molar-refractivity contribution in [3.05, 3.63) is 54.6 Å². The lowest BCUT2D eigenvalue weighted by molar-refractivity contribution is 0.102. The molecule has 174 valence electrons. The minimum Gasteiger partial charge on any atom is -0.357 e. The fourth-order valence-electron chi connectivity index (χ4n) is 4.91. The SMILES string of the molecule is O=C(Nc1ccc(N2CCCC2)nc1)c1n[nH]c2ccc(-c3cnn(C4CCNCC4)c3)cc12. The number of fused-ring (bicyclic) bond motifs is 1. The first-order chi connectivity index (χ1) is 16.7. The van der Waals surface area contributed by atoms with Crippen LogP contribution in [0.25, 0.3) is 22.0 Å². The van der Waals surface area contributed by atoms with Crippen LogP contribution in [0.5, 0.6) is 0 Å². The van der Waals surface area contributed by atoms with Crippen LogP contribution >= 0.6 is 0 Å². The molecule has 6 rings (SSSR count). The lowest BCUT2D eigenvalue weighted by atomic mass is 10.1. The molecular formula is C25H28N8O. The van der Waals surface area contributed by atoms with E-state index in [-0.39, 0.29) is 5.91 Å². The van der Waals surface area contributed by atoms with Crippen molar-refractivity contribution in [2.24, 2.45) is 0 Å². The normalized spacial score (nSPS) is 16.9. The van der Waals surface area contributed by atoms with Gasteiger partial charge in [-0.1, -0.05) is 6.07 Å². The van der Waals surface area contributed by atoms with E-state index in [1.165, 1.54) is 12.8 Å². The average molecular weight is 457 g/mol. The molecular weight excluding hydrogens is 428 g/mol. The molecule has 5 heterocycles. The summed E-state index contributed by atoms with van der Waals surface area (Å²) in [7, 11) is 0. The number of H-pyrrole nitrogens is 1. The highest BCUT2D eigenvalue weighted by atomic mass is 16.1. The Hall–Kier alpha value is -3.72. The third-order valence-electron chi connectivity index (χ3n) is 6.83. The average Bonchev–Trinajstić information content (AvgIpc) is 3.66. The molecule has 0 radical (unpaired) electrons. The van der Waals surface area contributed by atoms with Crippen molar-refractivity contribution in [3.63, 3.8) is 0 Å².